The second-order valence-corrected chi connectivity index (χ2v) is 10.7. The van der Waals surface area contributed by atoms with Crippen molar-refractivity contribution in [2.75, 3.05) is 24.8 Å². The van der Waals surface area contributed by atoms with Gasteiger partial charge in [0, 0.05) is 31.8 Å². The van der Waals surface area contributed by atoms with Crippen LogP contribution < -0.4 is 5.32 Å². The number of carbonyl (C=O) groups excluding carboxylic acids is 4. The second kappa shape index (κ2) is 12.7. The summed E-state index contributed by atoms with van der Waals surface area (Å²) in [7, 11) is 0. The first-order chi connectivity index (χ1) is 18.3. The molecule has 0 radical (unpaired) electrons. The molecule has 4 rings (SSSR count). The van der Waals surface area contributed by atoms with E-state index < -0.39 is 28.7 Å². The lowest BCUT2D eigenvalue weighted by Crippen LogP contribution is -2.59. The fourth-order valence-corrected chi connectivity index (χ4v) is 6.28. The second-order valence-electron chi connectivity index (χ2n) is 8.68. The number of hydrogen-bond donors (Lipinski definition) is 1. The van der Waals surface area contributed by atoms with Crippen molar-refractivity contribution in [2.24, 2.45) is 0 Å². The number of ether oxygens (including phenoxy) is 1. The number of nitrogens with one attached hydrogen (secondary N) is 1. The number of benzene rings is 2. The number of rotatable bonds is 10. The van der Waals surface area contributed by atoms with E-state index in [1.807, 2.05) is 60.7 Å². The number of fused-ring (bicyclic) bond motifs is 1. The van der Waals surface area contributed by atoms with E-state index in [-0.39, 0.29) is 54.4 Å². The number of hydrogen-bond acceptors (Lipinski definition) is 6. The summed E-state index contributed by atoms with van der Waals surface area (Å²) in [4.78, 5) is 55.3. The maximum atomic E-state index is 14.0. The van der Waals surface area contributed by atoms with Gasteiger partial charge in [0.15, 0.2) is 6.10 Å². The highest BCUT2D eigenvalue weighted by molar-refractivity contribution is 8.00. The van der Waals surface area contributed by atoms with Gasteiger partial charge in [-0.1, -0.05) is 60.7 Å². The minimum absolute atomic E-state index is 0.0328. The van der Waals surface area contributed by atoms with Crippen molar-refractivity contribution in [3.63, 3.8) is 0 Å². The predicted octanol–water partition coefficient (Wildman–Crippen LogP) is 3.65. The largest absolute Gasteiger partial charge is 0.448 e. The minimum atomic E-state index is -0.864. The number of thioether (sulfide) groups is 1. The number of nitrogens with zero attached hydrogens (tertiary/aromatic N) is 2. The summed E-state index contributed by atoms with van der Waals surface area (Å²) in [5.41, 5.74) is 1.25. The lowest BCUT2D eigenvalue weighted by Gasteiger charge is -2.47. The fraction of sp³-hybridized carbons (Fsp3) is 0.333. The quantitative estimate of drug-likeness (QED) is 0.264. The molecule has 0 bridgehead atoms. The first-order valence-corrected chi connectivity index (χ1v) is 14.1. The maximum absolute atomic E-state index is 14.0. The van der Waals surface area contributed by atoms with E-state index in [4.69, 9.17) is 27.9 Å². The molecule has 11 heteroatoms. The Bertz CT molecular complexity index is 1180. The van der Waals surface area contributed by atoms with Gasteiger partial charge in [-0.15, -0.1) is 35.0 Å². The van der Waals surface area contributed by atoms with Crippen molar-refractivity contribution in [2.45, 2.75) is 30.2 Å². The van der Waals surface area contributed by atoms with Gasteiger partial charge in [0.2, 0.25) is 11.8 Å². The molecule has 3 amide bonds. The van der Waals surface area contributed by atoms with Crippen molar-refractivity contribution >= 4 is 58.7 Å². The standard InChI is InChI=1S/C27H27Cl2N3O5S/c1-17(33)30-25-22(26(35)31(14-12-28)15-13-29)23(32-20(34)16-21(32)38-25)27(36)37-24(18-8-4-2-5-9-18)19-10-6-3-7-11-19/h2-11,21,24-25H,12-16H2,1H3,(H,30,33)/t21-,25?/m0/s1. The molecule has 2 heterocycles. The van der Waals surface area contributed by atoms with Gasteiger partial charge >= 0.3 is 5.97 Å². The number of esters is 1. The van der Waals surface area contributed by atoms with Gasteiger partial charge in [-0.05, 0) is 11.1 Å². The van der Waals surface area contributed by atoms with Crippen LogP contribution in [0.4, 0.5) is 0 Å². The molecule has 0 aliphatic carbocycles. The summed E-state index contributed by atoms with van der Waals surface area (Å²) in [5, 5.41) is 1.48. The molecule has 8 nitrogen and oxygen atoms in total. The number of β-lactam (4-membered cyclic amide) rings is 1. The van der Waals surface area contributed by atoms with Crippen LogP contribution in [0, 0.1) is 0 Å². The molecule has 2 aliphatic heterocycles. The van der Waals surface area contributed by atoms with E-state index in [1.165, 1.54) is 28.5 Å². The highest BCUT2D eigenvalue weighted by atomic mass is 35.5. The number of alkyl halides is 2. The molecule has 1 unspecified atom stereocenters. The molecule has 0 saturated carbocycles. The average Bonchev–Trinajstić information content (AvgIpc) is 2.91. The summed E-state index contributed by atoms with van der Waals surface area (Å²) in [6.45, 7) is 1.67. The van der Waals surface area contributed by atoms with Crippen LogP contribution in [-0.2, 0) is 23.9 Å². The first kappa shape index (κ1) is 28.0. The fourth-order valence-electron chi connectivity index (χ4n) is 4.39. The highest BCUT2D eigenvalue weighted by Crippen LogP contribution is 2.44. The van der Waals surface area contributed by atoms with E-state index in [0.29, 0.717) is 0 Å². The van der Waals surface area contributed by atoms with E-state index >= 15 is 0 Å². The Labute approximate surface area is 235 Å². The molecular formula is C27H27Cl2N3O5S. The zero-order valence-electron chi connectivity index (χ0n) is 20.6. The summed E-state index contributed by atoms with van der Waals surface area (Å²) in [6, 6.07) is 18.4. The molecule has 1 N–H and O–H groups in total. The summed E-state index contributed by atoms with van der Waals surface area (Å²) in [5.74, 6) is -1.79. The SMILES string of the molecule is CC(=O)NC1S[C@H]2CC(=O)N2C(C(=O)OC(c2ccccc2)c2ccccc2)=C1C(=O)N(CCCl)CCCl. The highest BCUT2D eigenvalue weighted by Gasteiger charge is 2.51. The van der Waals surface area contributed by atoms with Gasteiger partial charge in [-0.2, -0.15) is 0 Å². The zero-order chi connectivity index (χ0) is 27.2. The predicted molar refractivity (Wildman–Crippen MR) is 146 cm³/mol. The van der Waals surface area contributed by atoms with Gasteiger partial charge in [-0.25, -0.2) is 4.79 Å². The normalized spacial score (nSPS) is 18.5. The molecule has 2 atom stereocenters. The molecule has 2 aromatic carbocycles. The molecule has 2 aromatic rings. The molecule has 38 heavy (non-hydrogen) atoms. The Morgan fingerprint density at radius 3 is 2.05 bits per heavy atom. The lowest BCUT2D eigenvalue weighted by molar-refractivity contribution is -0.152. The third-order valence-corrected chi connectivity index (χ3v) is 7.80. The van der Waals surface area contributed by atoms with Gasteiger partial charge in [0.25, 0.3) is 5.91 Å². The van der Waals surface area contributed by atoms with Gasteiger partial charge in [0.1, 0.15) is 11.1 Å². The molecule has 2 aliphatic rings. The Balaban J connectivity index is 1.82. The van der Waals surface area contributed by atoms with Gasteiger partial charge < -0.3 is 15.0 Å². The van der Waals surface area contributed by atoms with E-state index in [0.717, 1.165) is 11.1 Å². The van der Waals surface area contributed by atoms with Crippen LogP contribution in [-0.4, -0.2) is 69.1 Å². The van der Waals surface area contributed by atoms with Gasteiger partial charge in [-0.3, -0.25) is 19.3 Å². The van der Waals surface area contributed by atoms with Crippen LogP contribution in [0.2, 0.25) is 0 Å². The Hall–Kier alpha value is -3.01. The molecule has 0 spiro atoms. The first-order valence-electron chi connectivity index (χ1n) is 12.1. The lowest BCUT2D eigenvalue weighted by atomic mass is 10.0. The molecular weight excluding hydrogens is 549 g/mol. The van der Waals surface area contributed by atoms with Crippen molar-refractivity contribution in [1.29, 1.82) is 0 Å². The Morgan fingerprint density at radius 1 is 1.03 bits per heavy atom. The molecule has 1 saturated heterocycles. The third-order valence-electron chi connectivity index (χ3n) is 6.14. The Kier molecular flexibility index (Phi) is 9.35. The zero-order valence-corrected chi connectivity index (χ0v) is 23.0. The maximum Gasteiger partial charge on any atom is 0.356 e. The van der Waals surface area contributed by atoms with Crippen molar-refractivity contribution < 1.29 is 23.9 Å². The number of carbonyl (C=O) groups is 4. The van der Waals surface area contributed by atoms with Crippen molar-refractivity contribution in [3.8, 4) is 0 Å². The summed E-state index contributed by atoms with van der Waals surface area (Å²) >= 11 is 13.1. The summed E-state index contributed by atoms with van der Waals surface area (Å²) < 4.78 is 6.06. The molecule has 1 fully saturated rings. The van der Waals surface area contributed by atoms with E-state index in [2.05, 4.69) is 5.32 Å². The van der Waals surface area contributed by atoms with Gasteiger partial charge in [0.05, 0.1) is 17.4 Å². The Morgan fingerprint density at radius 2 is 1.58 bits per heavy atom. The monoisotopic (exact) mass is 575 g/mol. The van der Waals surface area contributed by atoms with Crippen LogP contribution in [0.25, 0.3) is 0 Å². The van der Waals surface area contributed by atoms with Crippen LogP contribution >= 0.6 is 35.0 Å². The van der Waals surface area contributed by atoms with Crippen molar-refractivity contribution in [1.82, 2.24) is 15.1 Å². The van der Waals surface area contributed by atoms with Crippen LogP contribution in [0.3, 0.4) is 0 Å². The van der Waals surface area contributed by atoms with Crippen molar-refractivity contribution in [3.05, 3.63) is 83.1 Å². The smallest absolute Gasteiger partial charge is 0.356 e. The van der Waals surface area contributed by atoms with E-state index in [9.17, 15) is 19.2 Å². The van der Waals surface area contributed by atoms with Crippen LogP contribution in [0.5, 0.6) is 0 Å². The van der Waals surface area contributed by atoms with Crippen LogP contribution in [0.15, 0.2) is 71.9 Å². The van der Waals surface area contributed by atoms with Crippen LogP contribution in [0.1, 0.15) is 30.6 Å². The average molecular weight is 577 g/mol. The molecule has 200 valence electrons. The topological polar surface area (TPSA) is 96.0 Å². The third kappa shape index (κ3) is 6.00. The van der Waals surface area contributed by atoms with E-state index in [1.54, 1.807) is 0 Å². The minimum Gasteiger partial charge on any atom is -0.448 e. The number of halogens is 2. The summed E-state index contributed by atoms with van der Waals surface area (Å²) in [6.07, 6.45) is -0.619. The molecule has 0 aromatic heterocycles. The number of amides is 3.